The lowest BCUT2D eigenvalue weighted by molar-refractivity contribution is -0.129. The summed E-state index contributed by atoms with van der Waals surface area (Å²) in [5.41, 5.74) is 1.23. The van der Waals surface area contributed by atoms with Crippen molar-refractivity contribution < 1.29 is 4.79 Å². The Morgan fingerprint density at radius 2 is 2.25 bits per heavy atom. The molecule has 1 heteroatoms. The number of allylic oxidation sites excluding steroid dienone is 6. The van der Waals surface area contributed by atoms with Gasteiger partial charge in [-0.15, -0.1) is 0 Å². The maximum absolute atomic E-state index is 12.7. The first kappa shape index (κ1) is 10.1. The zero-order valence-electron chi connectivity index (χ0n) is 9.78. The van der Waals surface area contributed by atoms with Crippen LogP contribution in [-0.2, 0) is 4.79 Å². The molecule has 0 aromatic heterocycles. The monoisotopic (exact) mass is 214 g/mol. The van der Waals surface area contributed by atoms with Gasteiger partial charge in [0, 0.05) is 5.92 Å². The third-order valence-electron chi connectivity index (χ3n) is 4.44. The molecule has 3 aliphatic rings. The molecule has 3 atom stereocenters. The second-order valence-corrected chi connectivity index (χ2v) is 5.47. The molecule has 1 nitrogen and oxygen atoms in total. The van der Waals surface area contributed by atoms with Crippen molar-refractivity contribution in [3.8, 4) is 0 Å². The van der Waals surface area contributed by atoms with Gasteiger partial charge in [0.25, 0.3) is 0 Å². The zero-order chi connectivity index (χ0) is 11.2. The standard InChI is InChI=1S/C15H18O/c1-11-9-12-5-2-3-7-15(14(12)16)8-4-6-13(15)10-11/h2-3,5,7,10,12-13H,4,6,8-9H2,1H3/t12-,13+,15+/m1/s1. The zero-order valence-corrected chi connectivity index (χ0v) is 9.78. The van der Waals surface area contributed by atoms with Crippen LogP contribution in [0.2, 0.25) is 0 Å². The van der Waals surface area contributed by atoms with E-state index in [-0.39, 0.29) is 11.3 Å². The third kappa shape index (κ3) is 1.27. The second-order valence-electron chi connectivity index (χ2n) is 5.47. The Morgan fingerprint density at radius 3 is 3.12 bits per heavy atom. The third-order valence-corrected chi connectivity index (χ3v) is 4.44. The molecular weight excluding hydrogens is 196 g/mol. The van der Waals surface area contributed by atoms with Crippen LogP contribution in [0, 0.1) is 17.3 Å². The first-order chi connectivity index (χ1) is 7.72. The number of fused-ring (bicyclic) bond motifs is 1. The average molecular weight is 214 g/mol. The number of hydrogen-bond acceptors (Lipinski definition) is 1. The van der Waals surface area contributed by atoms with Crippen molar-refractivity contribution in [1.82, 2.24) is 0 Å². The van der Waals surface area contributed by atoms with E-state index in [1.54, 1.807) is 0 Å². The van der Waals surface area contributed by atoms with Gasteiger partial charge in [0.05, 0.1) is 5.41 Å². The van der Waals surface area contributed by atoms with Gasteiger partial charge in [0.2, 0.25) is 0 Å². The number of carbonyl (C=O) groups excluding carboxylic acids is 1. The summed E-state index contributed by atoms with van der Waals surface area (Å²) in [7, 11) is 0. The van der Waals surface area contributed by atoms with Crippen molar-refractivity contribution >= 4 is 5.78 Å². The molecule has 1 spiro atoms. The normalized spacial score (nSPS) is 41.3. The minimum Gasteiger partial charge on any atom is -0.298 e. The highest BCUT2D eigenvalue weighted by Crippen LogP contribution is 2.51. The highest BCUT2D eigenvalue weighted by molar-refractivity contribution is 5.92. The highest BCUT2D eigenvalue weighted by Gasteiger charge is 2.49. The molecule has 16 heavy (non-hydrogen) atoms. The summed E-state index contributed by atoms with van der Waals surface area (Å²) in [4.78, 5) is 12.7. The fourth-order valence-electron chi connectivity index (χ4n) is 3.66. The molecule has 0 heterocycles. The molecule has 3 aliphatic carbocycles. The summed E-state index contributed by atoms with van der Waals surface area (Å²) in [5.74, 6) is 1.04. The van der Waals surface area contributed by atoms with Crippen LogP contribution >= 0.6 is 0 Å². The van der Waals surface area contributed by atoms with Crippen molar-refractivity contribution in [2.45, 2.75) is 32.6 Å². The number of ketones is 1. The van der Waals surface area contributed by atoms with Gasteiger partial charge < -0.3 is 0 Å². The number of hydrogen-bond donors (Lipinski definition) is 0. The Morgan fingerprint density at radius 1 is 1.38 bits per heavy atom. The molecule has 2 bridgehead atoms. The van der Waals surface area contributed by atoms with Crippen LogP contribution in [0.15, 0.2) is 36.0 Å². The maximum Gasteiger partial charge on any atom is 0.150 e. The molecule has 0 aromatic carbocycles. The van der Waals surface area contributed by atoms with Gasteiger partial charge in [-0.3, -0.25) is 4.79 Å². The predicted molar refractivity (Wildman–Crippen MR) is 64.9 cm³/mol. The lowest BCUT2D eigenvalue weighted by Gasteiger charge is -2.29. The molecule has 1 fully saturated rings. The van der Waals surface area contributed by atoms with E-state index >= 15 is 0 Å². The number of Topliss-reactive ketones (excluding diaryl/α,β-unsaturated/α-hetero) is 1. The molecule has 0 amide bonds. The Bertz CT molecular complexity index is 413. The minimum atomic E-state index is -0.161. The fraction of sp³-hybridized carbons (Fsp3) is 0.533. The lowest BCUT2D eigenvalue weighted by atomic mass is 9.72. The molecule has 0 N–H and O–H groups in total. The predicted octanol–water partition coefficient (Wildman–Crippen LogP) is 3.43. The van der Waals surface area contributed by atoms with Gasteiger partial charge in [-0.05, 0) is 32.1 Å². The first-order valence-electron chi connectivity index (χ1n) is 6.30. The molecule has 0 aromatic rings. The van der Waals surface area contributed by atoms with Crippen molar-refractivity contribution in [3.63, 3.8) is 0 Å². The minimum absolute atomic E-state index is 0.120. The van der Waals surface area contributed by atoms with Crippen molar-refractivity contribution in [1.29, 1.82) is 0 Å². The van der Waals surface area contributed by atoms with Crippen molar-refractivity contribution in [2.24, 2.45) is 17.3 Å². The molecule has 0 saturated heterocycles. The highest BCUT2D eigenvalue weighted by atomic mass is 16.1. The van der Waals surface area contributed by atoms with Crippen LogP contribution in [0.5, 0.6) is 0 Å². The van der Waals surface area contributed by atoms with E-state index in [0.717, 1.165) is 12.8 Å². The van der Waals surface area contributed by atoms with Crippen LogP contribution in [0.25, 0.3) is 0 Å². The SMILES string of the molecule is CC1=C[C@@H]2CCC[C@@]23C=CC=C[C@H](C1)C3=O. The van der Waals surface area contributed by atoms with Gasteiger partial charge in [-0.25, -0.2) is 0 Å². The van der Waals surface area contributed by atoms with E-state index in [1.165, 1.54) is 18.4 Å². The quantitative estimate of drug-likeness (QED) is 0.565. The molecule has 1 saturated carbocycles. The molecule has 0 aliphatic heterocycles. The van der Waals surface area contributed by atoms with E-state index < -0.39 is 0 Å². The van der Waals surface area contributed by atoms with E-state index in [0.29, 0.717) is 11.7 Å². The summed E-state index contributed by atoms with van der Waals surface area (Å²) in [6.07, 6.45) is 15.1. The number of rotatable bonds is 0. The molecule has 0 radical (unpaired) electrons. The van der Waals surface area contributed by atoms with Gasteiger partial charge >= 0.3 is 0 Å². The summed E-state index contributed by atoms with van der Waals surface area (Å²) < 4.78 is 0. The molecule has 84 valence electrons. The first-order valence-corrected chi connectivity index (χ1v) is 6.30. The van der Waals surface area contributed by atoms with E-state index in [1.807, 2.05) is 0 Å². The van der Waals surface area contributed by atoms with Crippen LogP contribution in [0.3, 0.4) is 0 Å². The lowest BCUT2D eigenvalue weighted by Crippen LogP contribution is -2.34. The van der Waals surface area contributed by atoms with Crippen LogP contribution in [0.1, 0.15) is 32.6 Å². The van der Waals surface area contributed by atoms with Crippen molar-refractivity contribution in [3.05, 3.63) is 36.0 Å². The Hall–Kier alpha value is -1.11. The Kier molecular flexibility index (Phi) is 2.17. The van der Waals surface area contributed by atoms with Crippen LogP contribution in [-0.4, -0.2) is 5.78 Å². The van der Waals surface area contributed by atoms with Crippen LogP contribution in [0.4, 0.5) is 0 Å². The van der Waals surface area contributed by atoms with Gasteiger partial charge in [-0.2, -0.15) is 0 Å². The van der Waals surface area contributed by atoms with E-state index in [2.05, 4.69) is 37.3 Å². The van der Waals surface area contributed by atoms with Gasteiger partial charge in [-0.1, -0.05) is 42.4 Å². The maximum atomic E-state index is 12.7. The topological polar surface area (TPSA) is 17.1 Å². The summed E-state index contributed by atoms with van der Waals surface area (Å²) in [6, 6.07) is 0. The fourth-order valence-corrected chi connectivity index (χ4v) is 3.66. The summed E-state index contributed by atoms with van der Waals surface area (Å²) in [6.45, 7) is 2.17. The van der Waals surface area contributed by atoms with E-state index in [4.69, 9.17) is 0 Å². The van der Waals surface area contributed by atoms with Gasteiger partial charge in [0.15, 0.2) is 5.78 Å². The van der Waals surface area contributed by atoms with Crippen molar-refractivity contribution in [2.75, 3.05) is 0 Å². The average Bonchev–Trinajstić information content (AvgIpc) is 2.55. The van der Waals surface area contributed by atoms with E-state index in [9.17, 15) is 4.79 Å². The molecule has 0 unspecified atom stereocenters. The molecular formula is C15H18O. The van der Waals surface area contributed by atoms with Gasteiger partial charge in [0.1, 0.15) is 0 Å². The number of carbonyl (C=O) groups is 1. The summed E-state index contributed by atoms with van der Waals surface area (Å²) in [5, 5.41) is 0. The van der Waals surface area contributed by atoms with Crippen LogP contribution < -0.4 is 0 Å². The Labute approximate surface area is 96.9 Å². The Balaban J connectivity index is 2.15. The second kappa shape index (κ2) is 3.44. The summed E-state index contributed by atoms with van der Waals surface area (Å²) >= 11 is 0. The largest absolute Gasteiger partial charge is 0.298 e. The molecule has 3 rings (SSSR count). The smallest absolute Gasteiger partial charge is 0.150 e.